The van der Waals surface area contributed by atoms with Crippen LogP contribution in [0.2, 0.25) is 0 Å². The van der Waals surface area contributed by atoms with Crippen LogP contribution >= 0.6 is 0 Å². The first-order valence-electron chi connectivity index (χ1n) is 24.1. The lowest BCUT2D eigenvalue weighted by atomic mass is 9.82. The van der Waals surface area contributed by atoms with Crippen LogP contribution < -0.4 is 4.90 Å². The Morgan fingerprint density at radius 1 is 0.507 bits per heavy atom. The lowest BCUT2D eigenvalue weighted by Crippen LogP contribution is -2.18. The third-order valence-electron chi connectivity index (χ3n) is 14.8. The molecule has 0 saturated heterocycles. The second-order valence-electron chi connectivity index (χ2n) is 18.8. The number of hydrogen-bond acceptors (Lipinski definition) is 4. The third-order valence-corrected chi connectivity index (χ3v) is 14.8. The summed E-state index contributed by atoms with van der Waals surface area (Å²) in [4.78, 5) is 18.4. The predicted octanol–water partition coefficient (Wildman–Crippen LogP) is 16.1. The summed E-state index contributed by atoms with van der Waals surface area (Å²) in [5, 5.41) is 6.21. The van der Waals surface area contributed by atoms with E-state index in [-0.39, 0.29) is 5.92 Å². The first-order chi connectivity index (χ1) is 34.1. The van der Waals surface area contributed by atoms with Gasteiger partial charge >= 0.3 is 0 Å². The molecular weight excluding hydrogens is 839 g/mol. The van der Waals surface area contributed by atoms with Gasteiger partial charge in [-0.2, -0.15) is 0 Å². The highest BCUT2D eigenvalue weighted by atomic mass is 15.2. The summed E-state index contributed by atoms with van der Waals surface area (Å²) >= 11 is 0. The molecule has 326 valence electrons. The van der Waals surface area contributed by atoms with E-state index in [9.17, 15) is 0 Å². The van der Waals surface area contributed by atoms with Crippen LogP contribution in [0.4, 0.5) is 11.4 Å². The fourth-order valence-corrected chi connectivity index (χ4v) is 11.5. The van der Waals surface area contributed by atoms with Crippen molar-refractivity contribution in [1.82, 2.24) is 19.5 Å². The molecule has 0 spiro atoms. The molecule has 3 heterocycles. The lowest BCUT2D eigenvalue weighted by Gasteiger charge is -2.27. The summed E-state index contributed by atoms with van der Waals surface area (Å²) < 4.78 is 2.52. The largest absolute Gasteiger partial charge is 0.313 e. The van der Waals surface area contributed by atoms with E-state index in [1.165, 1.54) is 77.5 Å². The predicted molar refractivity (Wildman–Crippen MR) is 285 cm³/mol. The number of fused-ring (bicyclic) bond motifs is 10. The first-order valence-corrected chi connectivity index (χ1v) is 24.1. The van der Waals surface area contributed by atoms with Crippen molar-refractivity contribution in [3.63, 3.8) is 0 Å². The normalized spacial score (nSPS) is 15.8. The third kappa shape index (κ3) is 6.34. The fraction of sp³-hybridized carbons (Fsp3) is 0.0781. The molecule has 0 fully saturated rings. The molecule has 69 heavy (non-hydrogen) atoms. The van der Waals surface area contributed by atoms with Crippen LogP contribution in [-0.4, -0.2) is 19.5 Å². The van der Waals surface area contributed by atoms with E-state index in [0.717, 1.165) is 46.3 Å². The summed E-state index contributed by atoms with van der Waals surface area (Å²) in [6.45, 7) is 2.34. The lowest BCUT2D eigenvalue weighted by molar-refractivity contribution is 0.769. The first kappa shape index (κ1) is 39.5. The molecule has 0 N–H and O–H groups in total. The van der Waals surface area contributed by atoms with Gasteiger partial charge in [0.05, 0.1) is 16.9 Å². The molecule has 2 aliphatic carbocycles. The highest BCUT2D eigenvalue weighted by Crippen LogP contribution is 2.57. The molecule has 14 rings (SSSR count). The topological polar surface area (TPSA) is 46.8 Å². The van der Waals surface area contributed by atoms with E-state index in [4.69, 9.17) is 15.0 Å². The van der Waals surface area contributed by atoms with Crippen molar-refractivity contribution < 1.29 is 0 Å². The Morgan fingerprint density at radius 2 is 1.16 bits per heavy atom. The minimum Gasteiger partial charge on any atom is -0.313 e. The highest BCUT2D eigenvalue weighted by molar-refractivity contribution is 6.06. The summed E-state index contributed by atoms with van der Waals surface area (Å²) in [5.74, 6) is 2.42. The molecule has 3 aliphatic rings. The van der Waals surface area contributed by atoms with Gasteiger partial charge in [0.1, 0.15) is 0 Å². The summed E-state index contributed by atoms with van der Waals surface area (Å²) in [6, 6.07) is 72.3. The van der Waals surface area contributed by atoms with Crippen LogP contribution in [0.15, 0.2) is 212 Å². The Morgan fingerprint density at radius 3 is 1.96 bits per heavy atom. The molecule has 5 heteroatoms. The maximum absolute atomic E-state index is 5.39. The number of benzene rings is 9. The maximum atomic E-state index is 5.39. The quantitative estimate of drug-likeness (QED) is 0.167. The average molecular weight is 884 g/mol. The monoisotopic (exact) mass is 883 g/mol. The van der Waals surface area contributed by atoms with E-state index in [1.54, 1.807) is 0 Å². The van der Waals surface area contributed by atoms with Crippen molar-refractivity contribution in [1.29, 1.82) is 0 Å². The standard InChI is InChI=1S/C64H45N5/c1-40-18-17-30-49-52(40)35-47(36-55(49)64-66-62(43-22-7-3-8-23-43)65-63(67-64)45-33-32-41-19-11-12-24-44(41)34-45)69-57-31-16-15-28-50(57)54-37-56-59(39-58(54)69)68(46-25-9-4-10-26-46)60-38-53(42-20-5-2-6-21-42)48-27-13-14-29-51(48)61(56)60/h2-17,19-36,38-40,56H,18,37H2,1H3. The van der Waals surface area contributed by atoms with Crippen molar-refractivity contribution >= 4 is 56.0 Å². The molecule has 2 aromatic heterocycles. The molecule has 0 bridgehead atoms. The second-order valence-corrected chi connectivity index (χ2v) is 18.8. The molecule has 5 nitrogen and oxygen atoms in total. The summed E-state index contributed by atoms with van der Waals surface area (Å²) in [7, 11) is 0. The zero-order valence-electron chi connectivity index (χ0n) is 38.1. The zero-order chi connectivity index (χ0) is 45.6. The molecule has 0 saturated carbocycles. The minimum absolute atomic E-state index is 0.154. The number of hydrogen-bond donors (Lipinski definition) is 0. The zero-order valence-corrected chi connectivity index (χ0v) is 38.1. The Bertz CT molecular complexity index is 3920. The van der Waals surface area contributed by atoms with Gasteiger partial charge in [-0.05, 0) is 122 Å². The van der Waals surface area contributed by atoms with Crippen LogP contribution in [0, 0.1) is 0 Å². The van der Waals surface area contributed by atoms with E-state index in [1.807, 2.05) is 18.2 Å². The number of allylic oxidation sites excluding steroid dienone is 2. The number of rotatable bonds is 6. The van der Waals surface area contributed by atoms with E-state index < -0.39 is 0 Å². The molecule has 1 aliphatic heterocycles. The molecule has 11 aromatic rings. The molecule has 2 atom stereocenters. The van der Waals surface area contributed by atoms with Gasteiger partial charge in [0.25, 0.3) is 0 Å². The number of para-hydroxylation sites is 2. The Labute approximate surface area is 401 Å². The van der Waals surface area contributed by atoms with Crippen molar-refractivity contribution in [3.05, 3.63) is 240 Å². The van der Waals surface area contributed by atoms with Crippen molar-refractivity contribution in [2.75, 3.05) is 4.90 Å². The average Bonchev–Trinajstić information content (AvgIpc) is 3.92. The van der Waals surface area contributed by atoms with Crippen LogP contribution in [0.25, 0.3) is 95.6 Å². The van der Waals surface area contributed by atoms with Crippen LogP contribution in [0.1, 0.15) is 53.1 Å². The van der Waals surface area contributed by atoms with Crippen molar-refractivity contribution in [2.45, 2.75) is 31.6 Å². The van der Waals surface area contributed by atoms with Gasteiger partial charge in [0, 0.05) is 45.1 Å². The Hall–Kier alpha value is -8.67. The van der Waals surface area contributed by atoms with Gasteiger partial charge < -0.3 is 9.47 Å². The van der Waals surface area contributed by atoms with Gasteiger partial charge in [-0.1, -0.05) is 177 Å². The van der Waals surface area contributed by atoms with Crippen molar-refractivity contribution in [3.8, 4) is 51.0 Å². The highest BCUT2D eigenvalue weighted by Gasteiger charge is 2.41. The summed E-state index contributed by atoms with van der Waals surface area (Å²) in [5.41, 5.74) is 17.8. The molecule has 9 aromatic carbocycles. The van der Waals surface area contributed by atoms with Crippen LogP contribution in [0.3, 0.4) is 0 Å². The van der Waals surface area contributed by atoms with Gasteiger partial charge in [0.15, 0.2) is 17.5 Å². The SMILES string of the molecule is CC1CC=Cc2c(-c3nc(-c4ccccc4)nc(-c4ccc5ccccc5c4)n3)cc(-n3c4c(c5ccccc53)CC3C(=C4)N(c4ccccc4)c4cc(-c5ccccc5)c5ccccc5c43)cc21. The van der Waals surface area contributed by atoms with E-state index in [0.29, 0.717) is 23.4 Å². The summed E-state index contributed by atoms with van der Waals surface area (Å²) in [6.07, 6.45) is 8.93. The minimum atomic E-state index is 0.154. The van der Waals surface area contributed by atoms with Crippen LogP contribution in [0.5, 0.6) is 0 Å². The Kier molecular flexibility index (Phi) is 9.00. The molecule has 2 unspecified atom stereocenters. The number of nitrogens with zero attached hydrogens (tertiary/aromatic N) is 5. The van der Waals surface area contributed by atoms with Gasteiger partial charge in [-0.3, -0.25) is 0 Å². The van der Waals surface area contributed by atoms with Crippen LogP contribution in [-0.2, 0) is 6.42 Å². The number of anilines is 2. The molecular formula is C64H45N5. The second kappa shape index (κ2) is 15.7. The van der Waals surface area contributed by atoms with Gasteiger partial charge in [-0.25, -0.2) is 15.0 Å². The Balaban J connectivity index is 1.01. The van der Waals surface area contributed by atoms with E-state index >= 15 is 0 Å². The smallest absolute Gasteiger partial charge is 0.164 e. The van der Waals surface area contributed by atoms with Crippen molar-refractivity contribution in [2.24, 2.45) is 0 Å². The van der Waals surface area contributed by atoms with Gasteiger partial charge in [0.2, 0.25) is 0 Å². The molecule has 0 radical (unpaired) electrons. The van der Waals surface area contributed by atoms with E-state index in [2.05, 4.69) is 217 Å². The van der Waals surface area contributed by atoms with Gasteiger partial charge in [-0.15, -0.1) is 0 Å². The molecule has 0 amide bonds. The number of aromatic nitrogens is 4. The fourth-order valence-electron chi connectivity index (χ4n) is 11.5. The maximum Gasteiger partial charge on any atom is 0.164 e.